The highest BCUT2D eigenvalue weighted by atomic mass is 79.9. The molecule has 0 amide bonds. The number of aromatic nitrogens is 3. The third kappa shape index (κ3) is 5.10. The number of rotatable bonds is 8. The fraction of sp³-hybridized carbons (Fsp3) is 0.350. The Bertz CT molecular complexity index is 959. The molecule has 0 unspecified atom stereocenters. The molecule has 0 radical (unpaired) electrons. The zero-order valence-corrected chi connectivity index (χ0v) is 18.4. The Kier molecular flexibility index (Phi) is 8.41. The van der Waals surface area contributed by atoms with Crippen molar-refractivity contribution in [1.29, 1.82) is 0 Å². The maximum Gasteiger partial charge on any atom is 0.269 e. The van der Waals surface area contributed by atoms with Crippen LogP contribution in [-0.4, -0.2) is 45.5 Å². The predicted molar refractivity (Wildman–Crippen MR) is 118 cm³/mol. The average molecular weight is 468 g/mol. The van der Waals surface area contributed by atoms with Gasteiger partial charge in [0.2, 0.25) is 5.88 Å². The van der Waals surface area contributed by atoms with E-state index in [0.29, 0.717) is 28.7 Å². The van der Waals surface area contributed by atoms with Crippen LogP contribution in [0.2, 0.25) is 5.02 Å². The lowest BCUT2D eigenvalue weighted by Crippen LogP contribution is -2.25. The highest BCUT2D eigenvalue weighted by Crippen LogP contribution is 2.26. The van der Waals surface area contributed by atoms with E-state index < -0.39 is 0 Å². The third-order valence-electron chi connectivity index (χ3n) is 4.49. The Morgan fingerprint density at radius 1 is 1.18 bits per heavy atom. The van der Waals surface area contributed by atoms with Crippen LogP contribution in [0.3, 0.4) is 0 Å². The second kappa shape index (κ2) is 10.5. The van der Waals surface area contributed by atoms with Gasteiger partial charge in [-0.2, -0.15) is 4.98 Å². The van der Waals surface area contributed by atoms with Gasteiger partial charge in [-0.3, -0.25) is 14.2 Å². The Morgan fingerprint density at radius 2 is 1.89 bits per heavy atom. The molecule has 0 saturated carbocycles. The molecule has 150 valence electrons. The lowest BCUT2D eigenvalue weighted by molar-refractivity contribution is 0.245. The first kappa shape index (κ1) is 22.3. The van der Waals surface area contributed by atoms with Gasteiger partial charge in [0, 0.05) is 24.0 Å². The Labute approximate surface area is 179 Å². The van der Waals surface area contributed by atoms with Gasteiger partial charge in [-0.25, -0.2) is 0 Å². The van der Waals surface area contributed by atoms with Crippen LogP contribution in [0.25, 0.3) is 16.8 Å². The highest BCUT2D eigenvalue weighted by molar-refractivity contribution is 8.93. The van der Waals surface area contributed by atoms with Crippen molar-refractivity contribution in [3.05, 3.63) is 58.2 Å². The van der Waals surface area contributed by atoms with E-state index in [0.717, 1.165) is 31.6 Å². The van der Waals surface area contributed by atoms with Crippen molar-refractivity contribution in [3.63, 3.8) is 0 Å². The molecule has 0 aliphatic heterocycles. The number of nitrogens with zero attached hydrogens (tertiary/aromatic N) is 4. The minimum Gasteiger partial charge on any atom is -0.477 e. The number of halogens is 2. The van der Waals surface area contributed by atoms with Crippen LogP contribution in [0, 0.1) is 0 Å². The zero-order chi connectivity index (χ0) is 19.2. The summed E-state index contributed by atoms with van der Waals surface area (Å²) in [4.78, 5) is 23.9. The monoisotopic (exact) mass is 466 g/mol. The average Bonchev–Trinajstić information content (AvgIpc) is 2.69. The van der Waals surface area contributed by atoms with Gasteiger partial charge in [-0.1, -0.05) is 37.6 Å². The van der Waals surface area contributed by atoms with E-state index in [9.17, 15) is 4.79 Å². The van der Waals surface area contributed by atoms with Gasteiger partial charge < -0.3 is 9.64 Å². The molecule has 0 N–H and O–H groups in total. The molecule has 6 nitrogen and oxygen atoms in total. The number of benzene rings is 1. The van der Waals surface area contributed by atoms with Crippen LogP contribution in [0.5, 0.6) is 5.88 Å². The molecule has 2 heterocycles. The molecule has 0 bridgehead atoms. The van der Waals surface area contributed by atoms with Crippen LogP contribution in [0.4, 0.5) is 0 Å². The fourth-order valence-corrected chi connectivity index (χ4v) is 3.07. The minimum absolute atomic E-state index is 0. The lowest BCUT2D eigenvalue weighted by atomic mass is 10.1. The highest BCUT2D eigenvalue weighted by Gasteiger charge is 2.16. The van der Waals surface area contributed by atoms with E-state index in [2.05, 4.69) is 28.7 Å². The zero-order valence-electron chi connectivity index (χ0n) is 16.0. The summed E-state index contributed by atoms with van der Waals surface area (Å²) < 4.78 is 7.41. The number of hydrogen-bond donors (Lipinski definition) is 0. The molecule has 0 atom stereocenters. The van der Waals surface area contributed by atoms with Crippen LogP contribution >= 0.6 is 28.6 Å². The number of fused-ring (bicyclic) bond motifs is 1. The molecule has 1 aromatic carbocycles. The van der Waals surface area contributed by atoms with E-state index in [1.807, 2.05) is 0 Å². The van der Waals surface area contributed by atoms with Gasteiger partial charge in [0.1, 0.15) is 5.56 Å². The van der Waals surface area contributed by atoms with Crippen LogP contribution < -0.4 is 10.3 Å². The molecule has 8 heteroatoms. The summed E-state index contributed by atoms with van der Waals surface area (Å²) in [6.07, 6.45) is 5.58. The lowest BCUT2D eigenvalue weighted by Gasteiger charge is -2.18. The number of ether oxygens (including phenoxy) is 1. The topological polar surface area (TPSA) is 59.7 Å². The normalized spacial score (nSPS) is 10.9. The molecular formula is C20H24BrClN4O2. The van der Waals surface area contributed by atoms with Crippen LogP contribution in [0.1, 0.15) is 20.3 Å². The molecule has 28 heavy (non-hydrogen) atoms. The molecule has 2 aromatic heterocycles. The summed E-state index contributed by atoms with van der Waals surface area (Å²) in [5.74, 6) is 0.329. The fourth-order valence-electron chi connectivity index (χ4n) is 2.94. The predicted octanol–water partition coefficient (Wildman–Crippen LogP) is 4.10. The standard InChI is InChI=1S/C20H23ClN4O2.BrH/c1-3-24(4-2)11-5-13-27-19-18(15-6-8-16(21)9-7-15)20(26)25-12-10-22-14-17(25)23-19;/h6-10,12,14H,3-5,11,13H2,1-2H3;1H. The van der Waals surface area contributed by atoms with Gasteiger partial charge in [-0.05, 0) is 37.2 Å². The van der Waals surface area contributed by atoms with Crippen molar-refractivity contribution in [2.45, 2.75) is 20.3 Å². The molecular weight excluding hydrogens is 444 g/mol. The minimum atomic E-state index is -0.191. The van der Waals surface area contributed by atoms with E-state index in [4.69, 9.17) is 16.3 Å². The summed E-state index contributed by atoms with van der Waals surface area (Å²) in [5.41, 5.74) is 1.42. The maximum absolute atomic E-state index is 13.0. The summed E-state index contributed by atoms with van der Waals surface area (Å²) in [7, 11) is 0. The van der Waals surface area contributed by atoms with E-state index >= 15 is 0 Å². The van der Waals surface area contributed by atoms with Crippen molar-refractivity contribution < 1.29 is 4.74 Å². The Morgan fingerprint density at radius 3 is 2.57 bits per heavy atom. The van der Waals surface area contributed by atoms with Crippen molar-refractivity contribution >= 4 is 34.2 Å². The SMILES string of the molecule is Br.CCN(CC)CCCOc1nc2cnccn2c(=O)c1-c1ccc(Cl)cc1. The largest absolute Gasteiger partial charge is 0.477 e. The summed E-state index contributed by atoms with van der Waals surface area (Å²) >= 11 is 5.99. The van der Waals surface area contributed by atoms with Gasteiger partial charge in [0.15, 0.2) is 5.65 Å². The molecule has 3 aromatic rings. The maximum atomic E-state index is 13.0. The van der Waals surface area contributed by atoms with Crippen molar-refractivity contribution in [1.82, 2.24) is 19.3 Å². The smallest absolute Gasteiger partial charge is 0.269 e. The molecule has 0 aliphatic carbocycles. The summed E-state index contributed by atoms with van der Waals surface area (Å²) in [6, 6.07) is 7.11. The van der Waals surface area contributed by atoms with Crippen LogP contribution in [-0.2, 0) is 0 Å². The van der Waals surface area contributed by atoms with Gasteiger partial charge >= 0.3 is 0 Å². The third-order valence-corrected chi connectivity index (χ3v) is 4.74. The number of hydrogen-bond acceptors (Lipinski definition) is 5. The van der Waals surface area contributed by atoms with Crippen molar-refractivity contribution in [2.24, 2.45) is 0 Å². The quantitative estimate of drug-likeness (QED) is 0.467. The molecule has 0 aliphatic rings. The Balaban J connectivity index is 0.00000280. The van der Waals surface area contributed by atoms with Crippen molar-refractivity contribution in [2.75, 3.05) is 26.2 Å². The second-order valence-electron chi connectivity index (χ2n) is 6.14. The molecule has 0 spiro atoms. The molecule has 0 fully saturated rings. The van der Waals surface area contributed by atoms with Gasteiger partial charge in [0.25, 0.3) is 5.56 Å². The molecule has 3 rings (SSSR count). The summed E-state index contributed by atoms with van der Waals surface area (Å²) in [5, 5.41) is 0.610. The van der Waals surface area contributed by atoms with Gasteiger partial charge in [-0.15, -0.1) is 17.0 Å². The first-order valence-electron chi connectivity index (χ1n) is 9.11. The first-order chi connectivity index (χ1) is 13.1. The van der Waals surface area contributed by atoms with E-state index in [-0.39, 0.29) is 22.5 Å². The van der Waals surface area contributed by atoms with E-state index in [1.54, 1.807) is 42.9 Å². The second-order valence-corrected chi connectivity index (χ2v) is 6.57. The first-order valence-corrected chi connectivity index (χ1v) is 9.49. The van der Waals surface area contributed by atoms with Gasteiger partial charge in [0.05, 0.1) is 12.8 Å². The molecule has 0 saturated heterocycles. The van der Waals surface area contributed by atoms with Crippen LogP contribution in [0.15, 0.2) is 47.7 Å². The Hall–Kier alpha value is -1.96. The summed E-state index contributed by atoms with van der Waals surface area (Å²) in [6.45, 7) is 7.72. The van der Waals surface area contributed by atoms with E-state index in [1.165, 1.54) is 4.40 Å². The van der Waals surface area contributed by atoms with Crippen molar-refractivity contribution in [3.8, 4) is 17.0 Å².